The molecule has 0 saturated heterocycles. The molecule has 1 amide bonds. The number of nitrogens with one attached hydrogen (secondary N) is 1. The second-order valence-corrected chi connectivity index (χ2v) is 6.62. The Bertz CT molecular complexity index is 941. The summed E-state index contributed by atoms with van der Waals surface area (Å²) in [6, 6.07) is 17.7. The van der Waals surface area contributed by atoms with E-state index >= 15 is 0 Å². The number of nitrogens with zero attached hydrogens (tertiary/aromatic N) is 2. The summed E-state index contributed by atoms with van der Waals surface area (Å²) in [6.07, 6.45) is 0.870. The molecule has 5 nitrogen and oxygen atoms in total. The number of imidazole rings is 1. The van der Waals surface area contributed by atoms with Crippen LogP contribution in [-0.4, -0.2) is 21.6 Å². The van der Waals surface area contributed by atoms with E-state index in [4.69, 9.17) is 0 Å². The molecule has 0 aliphatic heterocycles. The van der Waals surface area contributed by atoms with Gasteiger partial charge in [0.1, 0.15) is 6.54 Å². The molecule has 0 bridgehead atoms. The molecule has 0 spiro atoms. The summed E-state index contributed by atoms with van der Waals surface area (Å²) >= 11 is 0. The third kappa shape index (κ3) is 3.72. The molecule has 136 valence electrons. The van der Waals surface area contributed by atoms with E-state index in [1.165, 1.54) is 5.56 Å². The van der Waals surface area contributed by atoms with Gasteiger partial charge in [-0.2, -0.15) is 0 Å². The normalized spacial score (nSPS) is 12.2. The number of aromatic nitrogens is 2. The predicted molar refractivity (Wildman–Crippen MR) is 104 cm³/mol. The maximum absolute atomic E-state index is 12.7. The van der Waals surface area contributed by atoms with E-state index in [0.717, 1.165) is 17.5 Å². The van der Waals surface area contributed by atoms with Crippen LogP contribution in [0.2, 0.25) is 0 Å². The number of carbonyl (C=O) groups excluding carboxylic acids is 1. The van der Waals surface area contributed by atoms with Gasteiger partial charge in [-0.05, 0) is 30.0 Å². The molecular weight excluding hydrogens is 326 g/mol. The average molecular weight is 351 g/mol. The highest BCUT2D eigenvalue weighted by atomic mass is 16.2. The summed E-state index contributed by atoms with van der Waals surface area (Å²) in [6.45, 7) is 5.35. The molecule has 0 aliphatic carbocycles. The van der Waals surface area contributed by atoms with E-state index in [1.807, 2.05) is 49.4 Å². The summed E-state index contributed by atoms with van der Waals surface area (Å²) in [4.78, 5) is 25.2. The second-order valence-electron chi connectivity index (χ2n) is 6.62. The summed E-state index contributed by atoms with van der Waals surface area (Å²) in [5, 5.41) is 2.95. The van der Waals surface area contributed by atoms with E-state index in [1.54, 1.807) is 9.13 Å². The Balaban J connectivity index is 1.73. The van der Waals surface area contributed by atoms with E-state index in [9.17, 15) is 9.59 Å². The molecule has 1 heterocycles. The molecule has 26 heavy (non-hydrogen) atoms. The average Bonchev–Trinajstić information content (AvgIpc) is 2.93. The second kappa shape index (κ2) is 8.04. The van der Waals surface area contributed by atoms with Gasteiger partial charge in [0.2, 0.25) is 5.91 Å². The lowest BCUT2D eigenvalue weighted by Crippen LogP contribution is -2.34. The molecule has 2 aromatic carbocycles. The van der Waals surface area contributed by atoms with Crippen molar-refractivity contribution in [3.05, 3.63) is 70.6 Å². The number of rotatable bonds is 7. The predicted octanol–water partition coefficient (Wildman–Crippen LogP) is 3.13. The molecule has 0 fully saturated rings. The number of fused-ring (bicyclic) bond motifs is 1. The van der Waals surface area contributed by atoms with Crippen molar-refractivity contribution in [2.75, 3.05) is 6.54 Å². The number of carbonyl (C=O) groups is 1. The third-order valence-corrected chi connectivity index (χ3v) is 4.65. The minimum atomic E-state index is -0.144. The van der Waals surface area contributed by atoms with Crippen molar-refractivity contribution in [3.63, 3.8) is 0 Å². The van der Waals surface area contributed by atoms with Crippen molar-refractivity contribution < 1.29 is 4.79 Å². The number of amides is 1. The fourth-order valence-electron chi connectivity index (χ4n) is 3.23. The molecule has 0 aliphatic rings. The van der Waals surface area contributed by atoms with Crippen molar-refractivity contribution in [2.45, 2.75) is 39.3 Å². The standard InChI is InChI=1S/C21H25N3O2/c1-3-13-23-18-11-7-8-12-19(18)24(21(23)26)15-20(25)22-14-16(2)17-9-5-4-6-10-17/h4-12,16H,3,13-15H2,1-2H3,(H,22,25). The number of hydrogen-bond donors (Lipinski definition) is 1. The van der Waals surface area contributed by atoms with E-state index in [2.05, 4.69) is 24.4 Å². The lowest BCUT2D eigenvalue weighted by Gasteiger charge is -2.13. The van der Waals surface area contributed by atoms with Crippen molar-refractivity contribution in [1.29, 1.82) is 0 Å². The summed E-state index contributed by atoms with van der Waals surface area (Å²) in [5.41, 5.74) is 2.74. The first-order valence-electron chi connectivity index (χ1n) is 9.11. The minimum Gasteiger partial charge on any atom is -0.354 e. The minimum absolute atomic E-state index is 0.0393. The van der Waals surface area contributed by atoms with Crippen molar-refractivity contribution in [3.8, 4) is 0 Å². The molecule has 1 N–H and O–H groups in total. The van der Waals surface area contributed by atoms with Gasteiger partial charge in [0, 0.05) is 13.1 Å². The van der Waals surface area contributed by atoms with Gasteiger partial charge in [-0.3, -0.25) is 13.9 Å². The fourth-order valence-corrected chi connectivity index (χ4v) is 3.23. The van der Waals surface area contributed by atoms with Crippen molar-refractivity contribution in [2.24, 2.45) is 0 Å². The lowest BCUT2D eigenvalue weighted by atomic mass is 10.0. The molecule has 3 rings (SSSR count). The first-order chi connectivity index (χ1) is 12.6. The van der Waals surface area contributed by atoms with Crippen LogP contribution in [0.1, 0.15) is 31.7 Å². The van der Waals surface area contributed by atoms with E-state index in [0.29, 0.717) is 13.1 Å². The summed E-state index contributed by atoms with van der Waals surface area (Å²) in [5.74, 6) is 0.0765. The molecular formula is C21H25N3O2. The highest BCUT2D eigenvalue weighted by molar-refractivity contribution is 5.81. The summed E-state index contributed by atoms with van der Waals surface area (Å²) < 4.78 is 3.31. The van der Waals surface area contributed by atoms with Crippen LogP contribution in [0.5, 0.6) is 0 Å². The first-order valence-corrected chi connectivity index (χ1v) is 9.11. The monoisotopic (exact) mass is 351 g/mol. The molecule has 3 aromatic rings. The van der Waals surface area contributed by atoms with Gasteiger partial charge >= 0.3 is 5.69 Å². The third-order valence-electron chi connectivity index (χ3n) is 4.65. The van der Waals surface area contributed by atoms with Crippen LogP contribution < -0.4 is 11.0 Å². The molecule has 1 aromatic heterocycles. The van der Waals surface area contributed by atoms with Crippen LogP contribution in [0.3, 0.4) is 0 Å². The maximum atomic E-state index is 12.7. The van der Waals surface area contributed by atoms with Crippen LogP contribution in [-0.2, 0) is 17.9 Å². The molecule has 0 radical (unpaired) electrons. The Morgan fingerprint density at radius 2 is 1.62 bits per heavy atom. The van der Waals surface area contributed by atoms with Gasteiger partial charge in [0.15, 0.2) is 0 Å². The largest absolute Gasteiger partial charge is 0.354 e. The van der Waals surface area contributed by atoms with E-state index < -0.39 is 0 Å². The van der Waals surface area contributed by atoms with Gasteiger partial charge < -0.3 is 5.32 Å². The SMILES string of the molecule is CCCn1c(=O)n(CC(=O)NCC(C)c2ccccc2)c2ccccc21. The Morgan fingerprint density at radius 1 is 1.00 bits per heavy atom. The number of hydrogen-bond acceptors (Lipinski definition) is 2. The molecule has 5 heteroatoms. The topological polar surface area (TPSA) is 56.0 Å². The zero-order valence-corrected chi connectivity index (χ0v) is 15.3. The smallest absolute Gasteiger partial charge is 0.329 e. The van der Waals surface area contributed by atoms with Crippen LogP contribution in [0.15, 0.2) is 59.4 Å². The van der Waals surface area contributed by atoms with Gasteiger partial charge in [0.05, 0.1) is 11.0 Å². The highest BCUT2D eigenvalue weighted by Gasteiger charge is 2.15. The van der Waals surface area contributed by atoms with Crippen LogP contribution in [0.4, 0.5) is 0 Å². The molecule has 0 saturated carbocycles. The van der Waals surface area contributed by atoms with Crippen LogP contribution >= 0.6 is 0 Å². The van der Waals surface area contributed by atoms with Crippen molar-refractivity contribution in [1.82, 2.24) is 14.5 Å². The Morgan fingerprint density at radius 3 is 2.27 bits per heavy atom. The highest BCUT2D eigenvalue weighted by Crippen LogP contribution is 2.14. The fraction of sp³-hybridized carbons (Fsp3) is 0.333. The van der Waals surface area contributed by atoms with Crippen molar-refractivity contribution >= 4 is 16.9 Å². The first kappa shape index (κ1) is 18.0. The van der Waals surface area contributed by atoms with Gasteiger partial charge in [-0.15, -0.1) is 0 Å². The number of para-hydroxylation sites is 2. The van der Waals surface area contributed by atoms with Crippen LogP contribution in [0, 0.1) is 0 Å². The Hall–Kier alpha value is -2.82. The van der Waals surface area contributed by atoms with Gasteiger partial charge in [0.25, 0.3) is 0 Å². The number of benzene rings is 2. The lowest BCUT2D eigenvalue weighted by molar-refractivity contribution is -0.121. The van der Waals surface area contributed by atoms with Crippen LogP contribution in [0.25, 0.3) is 11.0 Å². The zero-order valence-electron chi connectivity index (χ0n) is 15.3. The number of aryl methyl sites for hydroxylation is 1. The summed E-state index contributed by atoms with van der Waals surface area (Å²) in [7, 11) is 0. The Kier molecular flexibility index (Phi) is 5.56. The quantitative estimate of drug-likeness (QED) is 0.711. The maximum Gasteiger partial charge on any atom is 0.329 e. The van der Waals surface area contributed by atoms with Gasteiger partial charge in [-0.1, -0.05) is 56.3 Å². The Labute approximate surface area is 153 Å². The van der Waals surface area contributed by atoms with Gasteiger partial charge in [-0.25, -0.2) is 4.79 Å². The molecule has 1 unspecified atom stereocenters. The van der Waals surface area contributed by atoms with E-state index in [-0.39, 0.29) is 24.1 Å². The molecule has 1 atom stereocenters. The zero-order chi connectivity index (χ0) is 18.5.